The monoisotopic (exact) mass is 304 g/mol. The van der Waals surface area contributed by atoms with Gasteiger partial charge in [-0.15, -0.1) is 0 Å². The second kappa shape index (κ2) is 7.68. The SMILES string of the molecule is CCOC(=O)[C@@H](N)CCS(=N)(=O)CCCC(F)(F)F. The third-order valence-electron chi connectivity index (χ3n) is 2.28. The molecule has 19 heavy (non-hydrogen) atoms. The van der Waals surface area contributed by atoms with Crippen LogP contribution in [0.2, 0.25) is 0 Å². The van der Waals surface area contributed by atoms with Gasteiger partial charge in [0.05, 0.1) is 6.61 Å². The first kappa shape index (κ1) is 18.2. The number of halogens is 3. The van der Waals surface area contributed by atoms with E-state index in [9.17, 15) is 22.2 Å². The van der Waals surface area contributed by atoms with Gasteiger partial charge in [-0.3, -0.25) is 9.57 Å². The molecule has 0 fully saturated rings. The quantitative estimate of drug-likeness (QED) is 0.667. The maximum Gasteiger partial charge on any atom is 0.389 e. The van der Waals surface area contributed by atoms with Gasteiger partial charge in [-0.25, -0.2) is 4.21 Å². The average molecular weight is 304 g/mol. The number of carbonyl (C=O) groups excluding carboxylic acids is 1. The fourth-order valence-electron chi connectivity index (χ4n) is 1.29. The minimum atomic E-state index is -4.31. The molecule has 0 aliphatic heterocycles. The molecular weight excluding hydrogens is 285 g/mol. The lowest BCUT2D eigenvalue weighted by atomic mass is 10.2. The van der Waals surface area contributed by atoms with E-state index in [0.717, 1.165) is 0 Å². The largest absolute Gasteiger partial charge is 0.465 e. The lowest BCUT2D eigenvalue weighted by molar-refractivity contribution is -0.144. The molecule has 0 aromatic heterocycles. The Morgan fingerprint density at radius 2 is 2.00 bits per heavy atom. The molecule has 3 N–H and O–H groups in total. The van der Waals surface area contributed by atoms with E-state index < -0.39 is 34.3 Å². The molecule has 0 aliphatic carbocycles. The Balaban J connectivity index is 4.07. The smallest absolute Gasteiger partial charge is 0.389 e. The van der Waals surface area contributed by atoms with E-state index in [1.54, 1.807) is 6.92 Å². The van der Waals surface area contributed by atoms with Crippen molar-refractivity contribution in [3.63, 3.8) is 0 Å². The standard InChI is InChI=1S/C10H19F3N2O3S/c1-2-18-9(16)8(14)4-7-19(15,17)6-3-5-10(11,12)13/h8,15H,2-7,14H2,1H3/t8-,19?/m0/s1. The van der Waals surface area contributed by atoms with Crippen LogP contribution < -0.4 is 5.73 Å². The van der Waals surface area contributed by atoms with Gasteiger partial charge in [0.25, 0.3) is 0 Å². The summed E-state index contributed by atoms with van der Waals surface area (Å²) in [5, 5.41) is 0. The first-order valence-corrected chi connectivity index (χ1v) is 7.70. The molecule has 0 rings (SSSR count). The molecule has 0 spiro atoms. The molecule has 0 amide bonds. The molecule has 0 aliphatic rings. The van der Waals surface area contributed by atoms with Crippen molar-refractivity contribution in [1.82, 2.24) is 0 Å². The summed E-state index contributed by atoms with van der Waals surface area (Å²) in [7, 11) is -3.14. The van der Waals surface area contributed by atoms with E-state index in [-0.39, 0.29) is 31.0 Å². The van der Waals surface area contributed by atoms with Crippen LogP contribution in [0.4, 0.5) is 13.2 Å². The zero-order valence-electron chi connectivity index (χ0n) is 10.7. The third-order valence-corrected chi connectivity index (χ3v) is 4.13. The number of hydrogen-bond acceptors (Lipinski definition) is 5. The number of carbonyl (C=O) groups is 1. The second-order valence-electron chi connectivity index (χ2n) is 4.09. The van der Waals surface area contributed by atoms with Gasteiger partial charge < -0.3 is 10.5 Å². The van der Waals surface area contributed by atoms with Gasteiger partial charge >= 0.3 is 12.1 Å². The van der Waals surface area contributed by atoms with Crippen LogP contribution in [0.25, 0.3) is 0 Å². The molecule has 5 nitrogen and oxygen atoms in total. The fourth-order valence-corrected chi connectivity index (χ4v) is 2.74. The van der Waals surface area contributed by atoms with Crippen LogP contribution in [0.1, 0.15) is 26.2 Å². The highest BCUT2D eigenvalue weighted by Gasteiger charge is 2.27. The number of hydrogen-bond donors (Lipinski definition) is 2. The van der Waals surface area contributed by atoms with Crippen molar-refractivity contribution in [3.05, 3.63) is 0 Å². The third kappa shape index (κ3) is 9.71. The molecule has 2 atom stereocenters. The normalized spacial score (nSPS) is 16.7. The molecular formula is C10H19F3N2O3S. The number of rotatable bonds is 8. The maximum atomic E-state index is 11.9. The summed E-state index contributed by atoms with van der Waals surface area (Å²) in [6.07, 6.45) is -5.77. The Kier molecular flexibility index (Phi) is 7.35. The zero-order chi connectivity index (χ0) is 15.1. The van der Waals surface area contributed by atoms with Crippen molar-refractivity contribution in [2.45, 2.75) is 38.4 Å². The minimum Gasteiger partial charge on any atom is -0.465 e. The van der Waals surface area contributed by atoms with E-state index >= 15 is 0 Å². The summed E-state index contributed by atoms with van der Waals surface area (Å²) in [6, 6.07) is -0.992. The van der Waals surface area contributed by atoms with Gasteiger partial charge in [0.15, 0.2) is 0 Å². The molecule has 0 heterocycles. The lowest BCUT2D eigenvalue weighted by Gasteiger charge is -2.12. The van der Waals surface area contributed by atoms with Gasteiger partial charge in [0.1, 0.15) is 6.04 Å². The van der Waals surface area contributed by atoms with Crippen LogP contribution >= 0.6 is 0 Å². The zero-order valence-corrected chi connectivity index (χ0v) is 11.5. The van der Waals surface area contributed by atoms with Crippen molar-refractivity contribution in [3.8, 4) is 0 Å². The highest BCUT2D eigenvalue weighted by molar-refractivity contribution is 7.92. The number of alkyl halides is 3. The van der Waals surface area contributed by atoms with Crippen molar-refractivity contribution >= 4 is 15.7 Å². The van der Waals surface area contributed by atoms with Crippen LogP contribution in [0.5, 0.6) is 0 Å². The molecule has 9 heteroatoms. The van der Waals surface area contributed by atoms with Gasteiger partial charge in [0, 0.05) is 27.7 Å². The molecule has 0 aromatic carbocycles. The average Bonchev–Trinajstić information content (AvgIpc) is 2.24. The number of ether oxygens (including phenoxy) is 1. The summed E-state index contributed by atoms with van der Waals surface area (Å²) >= 11 is 0. The Hall–Kier alpha value is -0.830. The van der Waals surface area contributed by atoms with Crippen LogP contribution in [0.15, 0.2) is 0 Å². The Morgan fingerprint density at radius 1 is 1.42 bits per heavy atom. The van der Waals surface area contributed by atoms with Gasteiger partial charge in [0.2, 0.25) is 0 Å². The topological polar surface area (TPSA) is 93.2 Å². The highest BCUT2D eigenvalue weighted by Crippen LogP contribution is 2.21. The fraction of sp³-hybridized carbons (Fsp3) is 0.900. The highest BCUT2D eigenvalue weighted by atomic mass is 32.2. The first-order valence-electron chi connectivity index (χ1n) is 5.80. The second-order valence-corrected chi connectivity index (χ2v) is 6.53. The maximum absolute atomic E-state index is 11.9. The minimum absolute atomic E-state index is 0.0345. The van der Waals surface area contributed by atoms with E-state index in [4.69, 9.17) is 10.5 Å². The van der Waals surface area contributed by atoms with Crippen LogP contribution in [0.3, 0.4) is 0 Å². The van der Waals surface area contributed by atoms with Crippen LogP contribution in [0, 0.1) is 4.78 Å². The van der Waals surface area contributed by atoms with Crippen LogP contribution in [-0.2, 0) is 19.3 Å². The Bertz CT molecular complexity index is 382. The van der Waals surface area contributed by atoms with E-state index in [0.29, 0.717) is 0 Å². The van der Waals surface area contributed by atoms with Crippen LogP contribution in [-0.4, -0.2) is 40.5 Å². The molecule has 0 saturated carbocycles. The van der Waals surface area contributed by atoms with Gasteiger partial charge in [-0.05, 0) is 19.8 Å². The predicted octanol–water partition coefficient (Wildman–Crippen LogP) is 1.66. The number of nitrogens with two attached hydrogens (primary N) is 1. The summed E-state index contributed by atoms with van der Waals surface area (Å²) < 4.78 is 59.4. The van der Waals surface area contributed by atoms with Crippen molar-refractivity contribution < 1.29 is 26.9 Å². The van der Waals surface area contributed by atoms with Crippen molar-refractivity contribution in [2.75, 3.05) is 18.1 Å². The van der Waals surface area contributed by atoms with Crippen molar-refractivity contribution in [2.24, 2.45) is 5.73 Å². The summed E-state index contributed by atoms with van der Waals surface area (Å²) in [5.74, 6) is -1.21. The molecule has 0 aromatic rings. The summed E-state index contributed by atoms with van der Waals surface area (Å²) in [6.45, 7) is 1.77. The number of esters is 1. The van der Waals surface area contributed by atoms with E-state index in [1.807, 2.05) is 0 Å². The Morgan fingerprint density at radius 3 is 2.47 bits per heavy atom. The number of nitrogens with one attached hydrogen (secondary N) is 1. The molecule has 114 valence electrons. The van der Waals surface area contributed by atoms with Gasteiger partial charge in [-0.2, -0.15) is 13.2 Å². The van der Waals surface area contributed by atoms with Gasteiger partial charge in [-0.1, -0.05) is 0 Å². The summed E-state index contributed by atoms with van der Waals surface area (Å²) in [5.41, 5.74) is 5.44. The van der Waals surface area contributed by atoms with E-state index in [2.05, 4.69) is 4.74 Å². The summed E-state index contributed by atoms with van der Waals surface area (Å²) in [4.78, 5) is 11.2. The Labute approximate surface area is 110 Å². The first-order chi connectivity index (χ1) is 8.57. The molecule has 0 saturated heterocycles. The molecule has 1 unspecified atom stereocenters. The predicted molar refractivity (Wildman–Crippen MR) is 65.1 cm³/mol. The van der Waals surface area contributed by atoms with E-state index in [1.165, 1.54) is 0 Å². The van der Waals surface area contributed by atoms with Crippen molar-refractivity contribution in [1.29, 1.82) is 4.78 Å². The molecule has 0 radical (unpaired) electrons. The lowest BCUT2D eigenvalue weighted by Crippen LogP contribution is -2.34. The molecule has 0 bridgehead atoms.